The fourth-order valence-electron chi connectivity index (χ4n) is 3.35. The molecule has 6 nitrogen and oxygen atoms in total. The van der Waals surface area contributed by atoms with Crippen LogP contribution in [0.25, 0.3) is 10.9 Å². The standard InChI is InChI=1S/C20H19FN4O2/c1-13(26)24-14-7-9-25(12-14)15-2-4-16(5-3-15)27-19-6-8-23-20-17(19)10-22-11-18(20)21/h2-6,8,10-11,14H,7,9,12H2,1H3,(H,24,26)/t14-/m1/s1. The normalized spacial score (nSPS) is 16.5. The van der Waals surface area contributed by atoms with E-state index in [0.29, 0.717) is 16.9 Å². The zero-order chi connectivity index (χ0) is 18.8. The van der Waals surface area contributed by atoms with Gasteiger partial charge in [-0.25, -0.2) is 4.39 Å². The number of nitrogens with one attached hydrogen (secondary N) is 1. The van der Waals surface area contributed by atoms with E-state index in [1.54, 1.807) is 19.2 Å². The molecule has 27 heavy (non-hydrogen) atoms. The average molecular weight is 366 g/mol. The third-order valence-corrected chi connectivity index (χ3v) is 4.59. The first-order chi connectivity index (χ1) is 13.1. The van der Waals surface area contributed by atoms with Crippen LogP contribution in [0.2, 0.25) is 0 Å². The Morgan fingerprint density at radius 1 is 1.26 bits per heavy atom. The molecule has 3 aromatic rings. The Morgan fingerprint density at radius 2 is 2.07 bits per heavy atom. The largest absolute Gasteiger partial charge is 0.457 e. The number of fused-ring (bicyclic) bond motifs is 1. The van der Waals surface area contributed by atoms with Gasteiger partial charge in [-0.05, 0) is 36.8 Å². The smallest absolute Gasteiger partial charge is 0.217 e. The zero-order valence-electron chi connectivity index (χ0n) is 14.9. The Balaban J connectivity index is 1.49. The van der Waals surface area contributed by atoms with Crippen molar-refractivity contribution < 1.29 is 13.9 Å². The van der Waals surface area contributed by atoms with Gasteiger partial charge in [0.2, 0.25) is 5.91 Å². The van der Waals surface area contributed by atoms with E-state index in [-0.39, 0.29) is 17.5 Å². The number of aromatic nitrogens is 2. The van der Waals surface area contributed by atoms with Crippen LogP contribution in [0.15, 0.2) is 48.9 Å². The maximum Gasteiger partial charge on any atom is 0.217 e. The number of hydrogen-bond donors (Lipinski definition) is 1. The van der Waals surface area contributed by atoms with Gasteiger partial charge in [0.15, 0.2) is 5.82 Å². The number of benzene rings is 1. The highest BCUT2D eigenvalue weighted by Crippen LogP contribution is 2.30. The van der Waals surface area contributed by atoms with Gasteiger partial charge in [-0.15, -0.1) is 0 Å². The highest BCUT2D eigenvalue weighted by Gasteiger charge is 2.23. The van der Waals surface area contributed by atoms with Crippen LogP contribution in [0.1, 0.15) is 13.3 Å². The van der Waals surface area contributed by atoms with Crippen LogP contribution < -0.4 is 15.0 Å². The quantitative estimate of drug-likeness (QED) is 0.768. The molecule has 0 aliphatic carbocycles. The Morgan fingerprint density at radius 3 is 2.85 bits per heavy atom. The lowest BCUT2D eigenvalue weighted by Gasteiger charge is -2.19. The molecule has 1 N–H and O–H groups in total. The van der Waals surface area contributed by atoms with Crippen molar-refractivity contribution in [1.82, 2.24) is 15.3 Å². The molecule has 0 bridgehead atoms. The molecule has 3 heterocycles. The van der Waals surface area contributed by atoms with E-state index in [4.69, 9.17) is 4.74 Å². The van der Waals surface area contributed by atoms with Gasteiger partial charge in [-0.2, -0.15) is 0 Å². The lowest BCUT2D eigenvalue weighted by Crippen LogP contribution is -2.35. The number of nitrogens with zero attached hydrogens (tertiary/aromatic N) is 3. The molecular formula is C20H19FN4O2. The molecule has 138 valence electrons. The second-order valence-corrected chi connectivity index (χ2v) is 6.55. The predicted octanol–water partition coefficient (Wildman–Crippen LogP) is 3.28. The number of carbonyl (C=O) groups is 1. The molecule has 0 radical (unpaired) electrons. The molecule has 0 saturated carbocycles. The molecule has 1 aliphatic heterocycles. The van der Waals surface area contributed by atoms with Gasteiger partial charge in [0, 0.05) is 44.1 Å². The first-order valence-electron chi connectivity index (χ1n) is 8.78. The van der Waals surface area contributed by atoms with Crippen molar-refractivity contribution in [3.8, 4) is 11.5 Å². The Kier molecular flexibility index (Phi) is 4.58. The summed E-state index contributed by atoms with van der Waals surface area (Å²) in [7, 11) is 0. The van der Waals surface area contributed by atoms with Crippen LogP contribution in [0.3, 0.4) is 0 Å². The topological polar surface area (TPSA) is 67.4 Å². The molecule has 1 aliphatic rings. The highest BCUT2D eigenvalue weighted by molar-refractivity contribution is 5.84. The van der Waals surface area contributed by atoms with Crippen molar-refractivity contribution in [2.75, 3.05) is 18.0 Å². The van der Waals surface area contributed by atoms with E-state index < -0.39 is 5.82 Å². The predicted molar refractivity (Wildman–Crippen MR) is 100 cm³/mol. The number of rotatable bonds is 4. The molecule has 1 aromatic carbocycles. The Bertz CT molecular complexity index is 977. The number of carbonyl (C=O) groups excluding carboxylic acids is 1. The third-order valence-electron chi connectivity index (χ3n) is 4.59. The van der Waals surface area contributed by atoms with E-state index >= 15 is 0 Å². The fraction of sp³-hybridized carbons (Fsp3) is 0.250. The van der Waals surface area contributed by atoms with Gasteiger partial charge in [0.25, 0.3) is 0 Å². The molecular weight excluding hydrogens is 347 g/mol. The molecule has 7 heteroatoms. The molecule has 2 aromatic heterocycles. The van der Waals surface area contributed by atoms with Crippen LogP contribution in [0, 0.1) is 5.82 Å². The second kappa shape index (κ2) is 7.19. The monoisotopic (exact) mass is 366 g/mol. The van der Waals surface area contributed by atoms with E-state index in [0.717, 1.165) is 31.4 Å². The van der Waals surface area contributed by atoms with E-state index in [2.05, 4.69) is 20.2 Å². The number of ether oxygens (including phenoxy) is 1. The highest BCUT2D eigenvalue weighted by atomic mass is 19.1. The van der Waals surface area contributed by atoms with Crippen molar-refractivity contribution in [1.29, 1.82) is 0 Å². The minimum atomic E-state index is -0.476. The van der Waals surface area contributed by atoms with Crippen molar-refractivity contribution in [2.24, 2.45) is 0 Å². The average Bonchev–Trinajstić information content (AvgIpc) is 3.11. The molecule has 0 spiro atoms. The number of hydrogen-bond acceptors (Lipinski definition) is 5. The van der Waals surface area contributed by atoms with Crippen molar-refractivity contribution >= 4 is 22.5 Å². The molecule has 0 unspecified atom stereocenters. The maximum atomic E-state index is 13.8. The second-order valence-electron chi connectivity index (χ2n) is 6.55. The summed E-state index contributed by atoms with van der Waals surface area (Å²) in [5.74, 6) is 0.678. The van der Waals surface area contributed by atoms with Crippen molar-refractivity contribution in [3.63, 3.8) is 0 Å². The van der Waals surface area contributed by atoms with Gasteiger partial charge in [0.1, 0.15) is 17.0 Å². The molecule has 1 fully saturated rings. The lowest BCUT2D eigenvalue weighted by atomic mass is 10.2. The first-order valence-corrected chi connectivity index (χ1v) is 8.78. The first kappa shape index (κ1) is 17.2. The van der Waals surface area contributed by atoms with E-state index in [1.807, 2.05) is 24.3 Å². The minimum absolute atomic E-state index is 0.00102. The molecule has 1 atom stereocenters. The summed E-state index contributed by atoms with van der Waals surface area (Å²) in [6.45, 7) is 3.23. The van der Waals surface area contributed by atoms with Gasteiger partial charge in [-0.1, -0.05) is 0 Å². The number of amides is 1. The fourth-order valence-corrected chi connectivity index (χ4v) is 3.35. The van der Waals surface area contributed by atoms with Crippen molar-refractivity contribution in [2.45, 2.75) is 19.4 Å². The summed E-state index contributed by atoms with van der Waals surface area (Å²) in [6.07, 6.45) is 5.13. The van der Waals surface area contributed by atoms with E-state index in [1.165, 1.54) is 6.20 Å². The maximum absolute atomic E-state index is 13.8. The van der Waals surface area contributed by atoms with Gasteiger partial charge in [0.05, 0.1) is 11.6 Å². The third kappa shape index (κ3) is 3.67. The molecule has 4 rings (SSSR count). The minimum Gasteiger partial charge on any atom is -0.457 e. The summed E-state index contributed by atoms with van der Waals surface area (Å²) in [5.41, 5.74) is 1.31. The van der Waals surface area contributed by atoms with Crippen LogP contribution in [0.5, 0.6) is 11.5 Å². The van der Waals surface area contributed by atoms with Crippen LogP contribution >= 0.6 is 0 Å². The lowest BCUT2D eigenvalue weighted by molar-refractivity contribution is -0.119. The SMILES string of the molecule is CC(=O)N[C@@H]1CCN(c2ccc(Oc3ccnc4c(F)cncc34)cc2)C1. The van der Waals surface area contributed by atoms with Crippen LogP contribution in [-0.4, -0.2) is 35.0 Å². The Labute approximate surface area is 156 Å². The molecule has 1 saturated heterocycles. The number of pyridine rings is 2. The zero-order valence-corrected chi connectivity index (χ0v) is 14.9. The van der Waals surface area contributed by atoms with Gasteiger partial charge >= 0.3 is 0 Å². The van der Waals surface area contributed by atoms with E-state index in [9.17, 15) is 9.18 Å². The number of halogens is 1. The van der Waals surface area contributed by atoms with Crippen LogP contribution in [0.4, 0.5) is 10.1 Å². The summed E-state index contributed by atoms with van der Waals surface area (Å²) in [4.78, 5) is 21.3. The summed E-state index contributed by atoms with van der Waals surface area (Å²) < 4.78 is 19.7. The van der Waals surface area contributed by atoms with Gasteiger partial charge < -0.3 is 15.0 Å². The molecule has 1 amide bonds. The Hall–Kier alpha value is -3.22. The summed E-state index contributed by atoms with van der Waals surface area (Å²) in [5, 5.41) is 3.49. The summed E-state index contributed by atoms with van der Waals surface area (Å²) in [6, 6.07) is 9.58. The van der Waals surface area contributed by atoms with Crippen LogP contribution in [-0.2, 0) is 4.79 Å². The van der Waals surface area contributed by atoms with Crippen molar-refractivity contribution in [3.05, 3.63) is 54.7 Å². The number of anilines is 1. The van der Waals surface area contributed by atoms with Gasteiger partial charge in [-0.3, -0.25) is 14.8 Å². The summed E-state index contributed by atoms with van der Waals surface area (Å²) >= 11 is 0.